The summed E-state index contributed by atoms with van der Waals surface area (Å²) in [6.45, 7) is 0.300. The number of halogens is 8. The van der Waals surface area contributed by atoms with Crippen molar-refractivity contribution in [2.24, 2.45) is 14.1 Å². The molecule has 0 bridgehead atoms. The molecule has 2 fully saturated rings. The van der Waals surface area contributed by atoms with E-state index in [1.807, 2.05) is 0 Å². The maximum atomic E-state index is 13.7. The maximum absolute atomic E-state index is 13.7. The molecule has 4 heterocycles. The molecule has 444 valence electrons. The monoisotopic (exact) mass is 1220 g/mol. The van der Waals surface area contributed by atoms with E-state index in [0.717, 1.165) is 76.5 Å². The molecule has 21 nitrogen and oxygen atoms in total. The number of alkyl halides is 6. The van der Waals surface area contributed by atoms with Gasteiger partial charge in [-0.3, -0.25) is 41.6 Å². The first kappa shape index (κ1) is 61.4. The Kier molecular flexibility index (Phi) is 18.3. The second-order valence-electron chi connectivity index (χ2n) is 19.6. The van der Waals surface area contributed by atoms with Crippen LogP contribution in [-0.2, 0) is 48.0 Å². The quantitative estimate of drug-likeness (QED) is 0.0569. The van der Waals surface area contributed by atoms with Crippen molar-refractivity contribution in [3.8, 4) is 35.0 Å². The van der Waals surface area contributed by atoms with Gasteiger partial charge in [0, 0.05) is 49.2 Å². The van der Waals surface area contributed by atoms with Gasteiger partial charge in [-0.1, -0.05) is 59.6 Å². The molecule has 4 aromatic heterocycles. The topological polar surface area (TPSA) is 255 Å². The van der Waals surface area contributed by atoms with Gasteiger partial charge in [-0.05, 0) is 105 Å². The molecule has 83 heavy (non-hydrogen) atoms. The fourth-order valence-electron chi connectivity index (χ4n) is 8.81. The molecule has 0 saturated heterocycles. The van der Waals surface area contributed by atoms with Crippen molar-refractivity contribution >= 4 is 55.6 Å². The van der Waals surface area contributed by atoms with Crippen molar-refractivity contribution in [3.05, 3.63) is 160 Å². The van der Waals surface area contributed by atoms with Crippen LogP contribution in [0, 0.1) is 0 Å². The second-order valence-corrected chi connectivity index (χ2v) is 22.1. The first-order valence-corrected chi connectivity index (χ1v) is 27.8. The van der Waals surface area contributed by atoms with E-state index in [9.17, 15) is 64.2 Å². The highest BCUT2D eigenvalue weighted by atomic mass is 35.5. The number of ether oxygens (including phenoxy) is 4. The number of nitrogens with one attached hydrogen (secondary N) is 1. The molecule has 2 saturated carbocycles. The average Bonchev–Trinajstić information content (AvgIpc) is 2.13. The summed E-state index contributed by atoms with van der Waals surface area (Å²) in [6.07, 6.45) is -3.45. The molecule has 0 atom stereocenters. The number of benzene rings is 4. The normalized spacial score (nSPS) is 14.6. The van der Waals surface area contributed by atoms with Gasteiger partial charge in [0.2, 0.25) is 0 Å². The highest BCUT2D eigenvalue weighted by molar-refractivity contribution is 7.85. The molecule has 4 aromatic carbocycles. The Bertz CT molecular complexity index is 4010. The van der Waals surface area contributed by atoms with Gasteiger partial charge < -0.3 is 29.2 Å². The highest BCUT2D eigenvalue weighted by Gasteiger charge is 2.36. The number of aryl methyl sites for hydroxylation is 2. The van der Waals surface area contributed by atoms with E-state index < -0.39 is 68.0 Å². The smallest absolute Gasteiger partial charge is 0.425 e. The summed E-state index contributed by atoms with van der Waals surface area (Å²) < 4.78 is 127. The number of nitrogens with zero attached hydrogens (tertiary/aromatic N) is 7. The number of rotatable bonds is 17. The van der Waals surface area contributed by atoms with Crippen LogP contribution < -0.4 is 41.4 Å². The lowest BCUT2D eigenvalue weighted by molar-refractivity contribution is -0.275. The van der Waals surface area contributed by atoms with Crippen LogP contribution in [0.3, 0.4) is 0 Å². The molecule has 0 unspecified atom stereocenters. The molecule has 2 aliphatic carbocycles. The lowest BCUT2D eigenvalue weighted by atomic mass is 9.78. The Morgan fingerprint density at radius 1 is 0.627 bits per heavy atom. The summed E-state index contributed by atoms with van der Waals surface area (Å²) in [5.74, 6) is -1.02. The van der Waals surface area contributed by atoms with E-state index in [1.165, 1.54) is 52.1 Å². The van der Waals surface area contributed by atoms with Crippen molar-refractivity contribution in [2.45, 2.75) is 94.9 Å². The summed E-state index contributed by atoms with van der Waals surface area (Å²) in [5, 5.41) is 21.1. The molecule has 0 amide bonds. The van der Waals surface area contributed by atoms with E-state index >= 15 is 0 Å². The number of hydrogen-bond donors (Lipinski definition) is 3. The largest absolute Gasteiger partial charge is 0.573 e. The standard InChI is InChI=1S/C26H24ClF3N4O5.C20H14ClF3N4O4.C7H14O4S/c1-32-21-20(22(35)33(24(32)36)13-12-25(37)10-3-11-25)34(15-16-6-8-17(27)9-7-16)23(31-21)38-18-4-2-5-19(14-18)39-26(28,29)30;1-27-16-15(17(29)26-18(27)30)28(10-11-5-7-12(21)8-6-11)19(25-16)31-13-3-2-4-14(9-13)32-20(22,23)24;1-12(9,10)11-6-5-7(8)3-2-4-7/h2,4-9,14,37H,3,10-13,15H2,1H3;2-9H,10H2,1H3,(H,26,29,30);8H,2-6H2,1H3. The third-order valence-electron chi connectivity index (χ3n) is 13.4. The Balaban J connectivity index is 0.000000183. The van der Waals surface area contributed by atoms with Gasteiger partial charge in [-0.15, -0.1) is 26.3 Å². The Hall–Kier alpha value is -7.63. The second kappa shape index (κ2) is 24.7. The third kappa shape index (κ3) is 15.9. The number of aromatic amines is 1. The minimum Gasteiger partial charge on any atom is -0.425 e. The Labute approximate surface area is 476 Å². The van der Waals surface area contributed by atoms with Crippen LogP contribution in [-0.4, -0.2) is 93.2 Å². The van der Waals surface area contributed by atoms with Crippen LogP contribution >= 0.6 is 23.2 Å². The Morgan fingerprint density at radius 3 is 1.49 bits per heavy atom. The number of imidazole rings is 2. The average molecular weight is 1230 g/mol. The highest BCUT2D eigenvalue weighted by Crippen LogP contribution is 2.37. The fraction of sp³-hybridized carbons (Fsp3) is 0.358. The lowest BCUT2D eigenvalue weighted by Crippen LogP contribution is -2.43. The summed E-state index contributed by atoms with van der Waals surface area (Å²) >= 11 is 11.9. The van der Waals surface area contributed by atoms with E-state index in [-0.39, 0.29) is 78.5 Å². The predicted octanol–water partition coefficient (Wildman–Crippen LogP) is 8.68. The van der Waals surface area contributed by atoms with E-state index in [1.54, 1.807) is 48.5 Å². The Morgan fingerprint density at radius 2 is 1.06 bits per heavy atom. The van der Waals surface area contributed by atoms with Gasteiger partial charge in [0.1, 0.15) is 23.0 Å². The molecule has 8 aromatic rings. The molecule has 0 aliphatic heterocycles. The number of H-pyrrole nitrogens is 1. The molecule has 2 aliphatic rings. The van der Waals surface area contributed by atoms with Gasteiger partial charge in [0.05, 0.1) is 37.2 Å². The molecule has 3 N–H and O–H groups in total. The van der Waals surface area contributed by atoms with E-state index in [0.29, 0.717) is 29.3 Å². The minimum absolute atomic E-state index is 0.0110. The zero-order valence-electron chi connectivity index (χ0n) is 44.2. The summed E-state index contributed by atoms with van der Waals surface area (Å²) in [4.78, 5) is 62.1. The number of aliphatic hydroxyl groups is 2. The van der Waals surface area contributed by atoms with Gasteiger partial charge in [-0.25, -0.2) is 9.59 Å². The molecular weight excluding hydrogens is 1170 g/mol. The van der Waals surface area contributed by atoms with Crippen molar-refractivity contribution < 1.29 is 68.1 Å². The molecule has 30 heteroatoms. The van der Waals surface area contributed by atoms with E-state index in [4.69, 9.17) is 32.7 Å². The fourth-order valence-corrected chi connectivity index (χ4v) is 9.45. The van der Waals surface area contributed by atoms with Crippen molar-refractivity contribution in [1.29, 1.82) is 0 Å². The molecular formula is C53H52Cl2F6N8O13S. The summed E-state index contributed by atoms with van der Waals surface area (Å²) in [5.41, 5.74) is -2.49. The van der Waals surface area contributed by atoms with Crippen LogP contribution in [0.5, 0.6) is 35.0 Å². The van der Waals surface area contributed by atoms with Crippen molar-refractivity contribution in [3.63, 3.8) is 0 Å². The van der Waals surface area contributed by atoms with Crippen LogP contribution in [0.2, 0.25) is 10.0 Å². The zero-order valence-corrected chi connectivity index (χ0v) is 46.5. The van der Waals surface area contributed by atoms with Crippen LogP contribution in [0.1, 0.15) is 62.5 Å². The van der Waals surface area contributed by atoms with Gasteiger partial charge in [-0.2, -0.15) is 18.4 Å². The molecule has 0 radical (unpaired) electrons. The summed E-state index contributed by atoms with van der Waals surface area (Å²) in [7, 11) is -0.465. The van der Waals surface area contributed by atoms with Crippen LogP contribution in [0.4, 0.5) is 26.3 Å². The van der Waals surface area contributed by atoms with Gasteiger partial charge >= 0.3 is 36.1 Å². The predicted molar refractivity (Wildman–Crippen MR) is 290 cm³/mol. The number of hydrogen-bond acceptors (Lipinski definition) is 15. The number of fused-ring (bicyclic) bond motifs is 2. The zero-order chi connectivity index (χ0) is 60.2. The van der Waals surface area contributed by atoms with Crippen molar-refractivity contribution in [1.82, 2.24) is 37.8 Å². The number of aromatic nitrogens is 8. The maximum Gasteiger partial charge on any atom is 0.573 e. The van der Waals surface area contributed by atoms with Crippen LogP contribution in [0.25, 0.3) is 22.3 Å². The first-order valence-electron chi connectivity index (χ1n) is 25.2. The van der Waals surface area contributed by atoms with Crippen molar-refractivity contribution in [2.75, 3.05) is 12.9 Å². The van der Waals surface area contributed by atoms with Gasteiger partial charge in [0.15, 0.2) is 22.3 Å². The van der Waals surface area contributed by atoms with E-state index in [2.05, 4.69) is 28.6 Å². The first-order chi connectivity index (χ1) is 38.9. The van der Waals surface area contributed by atoms with Crippen LogP contribution in [0.15, 0.2) is 116 Å². The molecule has 10 rings (SSSR count). The summed E-state index contributed by atoms with van der Waals surface area (Å²) in [6, 6.07) is 23.1. The minimum atomic E-state index is -4.89. The SMILES string of the molecule is CS(=O)(=O)OCCC1(O)CCC1.Cn1c(=O)[nH]c(=O)c2c1nc(Oc1cccc(OC(F)(F)F)c1)n2Cc1ccc(Cl)cc1.Cn1c(=O)n(CCC2(O)CCC2)c(=O)c2c1nc(Oc1cccc(OC(F)(F)F)c1)n2Cc1ccc(Cl)cc1. The molecule has 0 spiro atoms. The lowest BCUT2D eigenvalue weighted by Gasteiger charge is -2.36. The third-order valence-corrected chi connectivity index (χ3v) is 14.5. The van der Waals surface area contributed by atoms with Gasteiger partial charge in [0.25, 0.3) is 21.2 Å².